The number of carboxylic acids is 1. The fourth-order valence-corrected chi connectivity index (χ4v) is 3.01. The monoisotopic (exact) mass is 278 g/mol. The van der Waals surface area contributed by atoms with Gasteiger partial charge in [-0.25, -0.2) is 4.98 Å². The average Bonchev–Trinajstić information content (AvgIpc) is 2.81. The zero-order valence-corrected chi connectivity index (χ0v) is 12.1. The largest absolute Gasteiger partial charge is 0.481 e. The second kappa shape index (κ2) is 5.67. The van der Waals surface area contributed by atoms with E-state index in [1.807, 2.05) is 30.1 Å². The maximum atomic E-state index is 10.9. The van der Waals surface area contributed by atoms with E-state index in [0.29, 0.717) is 6.54 Å². The Hall–Kier alpha value is -1.46. The Morgan fingerprint density at radius 1 is 1.42 bits per heavy atom. The Morgan fingerprint density at radius 2 is 2.11 bits per heavy atom. The number of thiazole rings is 1. The number of hydrogen-bond acceptors (Lipinski definition) is 4. The maximum Gasteiger partial charge on any atom is 0.307 e. The Kier molecular flexibility index (Phi) is 4.17. The van der Waals surface area contributed by atoms with Gasteiger partial charge in [-0.15, -0.1) is 11.3 Å². The average molecular weight is 278 g/mol. The van der Waals surface area contributed by atoms with Crippen molar-refractivity contribution in [2.45, 2.75) is 19.9 Å². The van der Waals surface area contributed by atoms with Crippen LogP contribution in [0.4, 0.5) is 0 Å². The van der Waals surface area contributed by atoms with Crippen LogP contribution >= 0.6 is 11.3 Å². The SMILES string of the molecule is CC(CN(C)C(C)c1nc2ccccc2s1)C(=O)O. The van der Waals surface area contributed by atoms with Crippen LogP contribution in [0.15, 0.2) is 24.3 Å². The normalized spacial score (nSPS) is 14.7. The highest BCUT2D eigenvalue weighted by Crippen LogP contribution is 2.28. The van der Waals surface area contributed by atoms with E-state index < -0.39 is 5.97 Å². The van der Waals surface area contributed by atoms with Gasteiger partial charge in [0.2, 0.25) is 0 Å². The lowest BCUT2D eigenvalue weighted by molar-refractivity contribution is -0.141. The third-order valence-electron chi connectivity index (χ3n) is 3.31. The first-order chi connectivity index (χ1) is 8.99. The van der Waals surface area contributed by atoms with Gasteiger partial charge in [0, 0.05) is 6.54 Å². The van der Waals surface area contributed by atoms with Crippen molar-refractivity contribution >= 4 is 27.5 Å². The van der Waals surface area contributed by atoms with Crippen molar-refractivity contribution in [2.75, 3.05) is 13.6 Å². The van der Waals surface area contributed by atoms with Crippen LogP contribution in [0.25, 0.3) is 10.2 Å². The molecule has 2 aromatic rings. The summed E-state index contributed by atoms with van der Waals surface area (Å²) in [6, 6.07) is 8.17. The molecule has 0 fully saturated rings. The molecule has 1 N–H and O–H groups in total. The van der Waals surface area contributed by atoms with Crippen molar-refractivity contribution < 1.29 is 9.90 Å². The standard InChI is InChI=1S/C14H18N2O2S/c1-9(14(17)18)8-16(3)10(2)13-15-11-6-4-5-7-12(11)19-13/h4-7,9-10H,8H2,1-3H3,(H,17,18). The van der Waals surface area contributed by atoms with Crippen molar-refractivity contribution in [3.63, 3.8) is 0 Å². The van der Waals surface area contributed by atoms with Crippen LogP contribution in [0.5, 0.6) is 0 Å². The second-order valence-electron chi connectivity index (χ2n) is 4.87. The molecular formula is C14H18N2O2S. The summed E-state index contributed by atoms with van der Waals surface area (Å²) in [6.45, 7) is 4.31. The van der Waals surface area contributed by atoms with E-state index in [2.05, 4.69) is 18.0 Å². The number of nitrogens with zero attached hydrogens (tertiary/aromatic N) is 2. The van der Waals surface area contributed by atoms with Gasteiger partial charge < -0.3 is 5.11 Å². The molecule has 0 aliphatic heterocycles. The summed E-state index contributed by atoms with van der Waals surface area (Å²) in [5.41, 5.74) is 1.01. The molecule has 1 aromatic heterocycles. The van der Waals surface area contributed by atoms with E-state index >= 15 is 0 Å². The van der Waals surface area contributed by atoms with Gasteiger partial charge in [-0.05, 0) is 26.1 Å². The highest BCUT2D eigenvalue weighted by Gasteiger charge is 2.20. The van der Waals surface area contributed by atoms with Crippen LogP contribution in [0, 0.1) is 5.92 Å². The summed E-state index contributed by atoms with van der Waals surface area (Å²) in [5.74, 6) is -1.13. The van der Waals surface area contributed by atoms with Crippen molar-refractivity contribution in [1.82, 2.24) is 9.88 Å². The van der Waals surface area contributed by atoms with Crippen LogP contribution in [0.1, 0.15) is 24.9 Å². The molecule has 0 spiro atoms. The number of aromatic nitrogens is 1. The Morgan fingerprint density at radius 3 is 2.74 bits per heavy atom. The second-order valence-corrected chi connectivity index (χ2v) is 5.94. The zero-order chi connectivity index (χ0) is 14.0. The number of para-hydroxylation sites is 1. The van der Waals surface area contributed by atoms with Gasteiger partial charge in [0.15, 0.2) is 0 Å². The van der Waals surface area contributed by atoms with Crippen LogP contribution in [-0.4, -0.2) is 34.6 Å². The van der Waals surface area contributed by atoms with E-state index in [1.54, 1.807) is 18.3 Å². The zero-order valence-electron chi connectivity index (χ0n) is 11.3. The number of aliphatic carboxylic acids is 1. The summed E-state index contributed by atoms with van der Waals surface area (Å²) < 4.78 is 1.17. The molecule has 1 heterocycles. The minimum Gasteiger partial charge on any atom is -0.481 e. The van der Waals surface area contributed by atoms with E-state index in [4.69, 9.17) is 5.11 Å². The lowest BCUT2D eigenvalue weighted by atomic mass is 10.1. The van der Waals surface area contributed by atoms with Gasteiger partial charge in [-0.1, -0.05) is 19.1 Å². The lowest BCUT2D eigenvalue weighted by Gasteiger charge is -2.24. The van der Waals surface area contributed by atoms with Crippen molar-refractivity contribution in [1.29, 1.82) is 0 Å². The first kappa shape index (κ1) is 14.0. The van der Waals surface area contributed by atoms with Gasteiger partial charge in [-0.3, -0.25) is 9.69 Å². The van der Waals surface area contributed by atoms with E-state index in [1.165, 1.54) is 4.70 Å². The third-order valence-corrected chi connectivity index (χ3v) is 4.52. The van der Waals surface area contributed by atoms with Crippen LogP contribution in [0.2, 0.25) is 0 Å². The molecule has 19 heavy (non-hydrogen) atoms. The van der Waals surface area contributed by atoms with Crippen LogP contribution in [0.3, 0.4) is 0 Å². The van der Waals surface area contributed by atoms with Gasteiger partial charge in [0.25, 0.3) is 0 Å². The molecule has 1 aromatic carbocycles. The highest BCUT2D eigenvalue weighted by molar-refractivity contribution is 7.18. The molecule has 0 saturated carbocycles. The summed E-state index contributed by atoms with van der Waals surface area (Å²) in [4.78, 5) is 17.5. The summed E-state index contributed by atoms with van der Waals surface area (Å²) >= 11 is 1.67. The van der Waals surface area contributed by atoms with Gasteiger partial charge >= 0.3 is 5.97 Å². The minimum absolute atomic E-state index is 0.124. The Labute approximate surface area is 116 Å². The molecule has 5 heteroatoms. The summed E-state index contributed by atoms with van der Waals surface area (Å²) in [5, 5.41) is 9.99. The predicted molar refractivity (Wildman–Crippen MR) is 77.5 cm³/mol. The van der Waals surface area contributed by atoms with E-state index in [-0.39, 0.29) is 12.0 Å². The van der Waals surface area contributed by atoms with Gasteiger partial charge in [-0.2, -0.15) is 0 Å². The number of hydrogen-bond donors (Lipinski definition) is 1. The first-order valence-corrected chi connectivity index (χ1v) is 7.09. The van der Waals surface area contributed by atoms with E-state index in [9.17, 15) is 4.79 Å². The number of benzene rings is 1. The van der Waals surface area contributed by atoms with Crippen molar-refractivity contribution in [2.24, 2.45) is 5.92 Å². The molecule has 2 atom stereocenters. The van der Waals surface area contributed by atoms with Gasteiger partial charge in [0.1, 0.15) is 5.01 Å². The molecule has 0 aliphatic rings. The molecule has 2 unspecified atom stereocenters. The summed E-state index contributed by atoms with van der Waals surface area (Å²) in [6.07, 6.45) is 0. The van der Waals surface area contributed by atoms with Gasteiger partial charge in [0.05, 0.1) is 22.2 Å². The fraction of sp³-hybridized carbons (Fsp3) is 0.429. The molecular weight excluding hydrogens is 260 g/mol. The molecule has 0 radical (unpaired) electrons. The van der Waals surface area contributed by atoms with Crippen LogP contribution in [-0.2, 0) is 4.79 Å². The molecule has 0 aliphatic carbocycles. The predicted octanol–water partition coefficient (Wildman–Crippen LogP) is 3.01. The quantitative estimate of drug-likeness (QED) is 0.913. The fourth-order valence-electron chi connectivity index (χ4n) is 1.93. The minimum atomic E-state index is -0.761. The maximum absolute atomic E-state index is 10.9. The Balaban J connectivity index is 2.14. The van der Waals surface area contributed by atoms with Crippen LogP contribution < -0.4 is 0 Å². The third kappa shape index (κ3) is 3.11. The number of fused-ring (bicyclic) bond motifs is 1. The smallest absolute Gasteiger partial charge is 0.307 e. The molecule has 0 bridgehead atoms. The molecule has 4 nitrogen and oxygen atoms in total. The van der Waals surface area contributed by atoms with E-state index in [0.717, 1.165) is 10.5 Å². The lowest BCUT2D eigenvalue weighted by Crippen LogP contribution is -2.30. The van der Waals surface area contributed by atoms with Crippen molar-refractivity contribution in [3.05, 3.63) is 29.3 Å². The highest BCUT2D eigenvalue weighted by atomic mass is 32.1. The number of rotatable bonds is 5. The Bertz CT molecular complexity index is 549. The number of carbonyl (C=O) groups is 1. The first-order valence-electron chi connectivity index (χ1n) is 6.27. The topological polar surface area (TPSA) is 53.4 Å². The molecule has 102 valence electrons. The molecule has 2 rings (SSSR count). The molecule has 0 saturated heterocycles. The number of carboxylic acid groups (broad SMARTS) is 1. The summed E-state index contributed by atoms with van der Waals surface area (Å²) in [7, 11) is 1.94. The molecule has 0 amide bonds. The van der Waals surface area contributed by atoms with Crippen molar-refractivity contribution in [3.8, 4) is 0 Å².